The maximum atomic E-state index is 12.4. The van der Waals surface area contributed by atoms with Crippen LogP contribution in [0.25, 0.3) is 0 Å². The molecule has 0 aromatic carbocycles. The molecule has 134 valence electrons. The van der Waals surface area contributed by atoms with E-state index in [1.165, 1.54) is 44.9 Å². The number of carbonyl (C=O) groups is 1. The average Bonchev–Trinajstić information content (AvgIpc) is 3.20. The third kappa shape index (κ3) is 3.01. The average molecular weight is 332 g/mol. The quantitative estimate of drug-likeness (QED) is 0.860. The fourth-order valence-electron chi connectivity index (χ4n) is 5.42. The Labute approximate surface area is 145 Å². The standard InChI is InChI=1S/C19H32N4O/c1-15-13-19(11-12-22(15)21-16-7-3-2-4-8-16)14-20-18(24)23(19)17-9-5-6-10-17/h14-17,21H,2-13H2,1H3. The molecule has 2 amide bonds. The first-order valence-electron chi connectivity index (χ1n) is 10.1. The molecule has 1 spiro atoms. The largest absolute Gasteiger partial charge is 0.344 e. The van der Waals surface area contributed by atoms with E-state index in [2.05, 4.69) is 27.3 Å². The van der Waals surface area contributed by atoms with Crippen LogP contribution in [-0.4, -0.2) is 52.4 Å². The fraction of sp³-hybridized carbons (Fsp3) is 0.895. The fourth-order valence-corrected chi connectivity index (χ4v) is 5.42. The Balaban J connectivity index is 1.42. The Morgan fingerprint density at radius 1 is 1.12 bits per heavy atom. The highest BCUT2D eigenvalue weighted by atomic mass is 16.2. The van der Waals surface area contributed by atoms with Crippen molar-refractivity contribution in [1.29, 1.82) is 0 Å². The molecular formula is C19H32N4O. The monoisotopic (exact) mass is 332 g/mol. The minimum Gasteiger partial charge on any atom is -0.309 e. The number of amides is 2. The minimum atomic E-state index is -0.115. The molecule has 1 N–H and O–H groups in total. The number of urea groups is 1. The minimum absolute atomic E-state index is 0.0165. The van der Waals surface area contributed by atoms with Gasteiger partial charge in [-0.15, -0.1) is 0 Å². The van der Waals surface area contributed by atoms with Gasteiger partial charge >= 0.3 is 6.03 Å². The van der Waals surface area contributed by atoms with Crippen LogP contribution in [0.3, 0.4) is 0 Å². The summed E-state index contributed by atoms with van der Waals surface area (Å²) in [5, 5.41) is 2.45. The third-order valence-corrected chi connectivity index (χ3v) is 6.71. The van der Waals surface area contributed by atoms with E-state index in [0.29, 0.717) is 18.1 Å². The summed E-state index contributed by atoms with van der Waals surface area (Å²) in [6, 6.07) is 1.54. The van der Waals surface area contributed by atoms with Gasteiger partial charge in [-0.3, -0.25) is 5.43 Å². The second kappa shape index (κ2) is 6.75. The van der Waals surface area contributed by atoms with Crippen LogP contribution in [0.15, 0.2) is 4.99 Å². The number of aliphatic imine (C=N–C) groups is 1. The van der Waals surface area contributed by atoms with E-state index in [0.717, 1.165) is 32.2 Å². The molecule has 2 heterocycles. The highest BCUT2D eigenvalue weighted by Gasteiger charge is 2.50. The maximum Gasteiger partial charge on any atom is 0.344 e. The number of hydrazine groups is 1. The van der Waals surface area contributed by atoms with Gasteiger partial charge in [-0.1, -0.05) is 32.1 Å². The summed E-state index contributed by atoms with van der Waals surface area (Å²) in [5.41, 5.74) is 3.68. The van der Waals surface area contributed by atoms with E-state index in [1.54, 1.807) is 0 Å². The number of piperidine rings is 1. The molecule has 0 bridgehead atoms. The molecule has 2 unspecified atom stereocenters. The lowest BCUT2D eigenvalue weighted by atomic mass is 9.83. The van der Waals surface area contributed by atoms with Crippen molar-refractivity contribution in [1.82, 2.24) is 15.3 Å². The summed E-state index contributed by atoms with van der Waals surface area (Å²) >= 11 is 0. The smallest absolute Gasteiger partial charge is 0.309 e. The van der Waals surface area contributed by atoms with E-state index < -0.39 is 0 Å². The molecule has 0 aromatic rings. The van der Waals surface area contributed by atoms with Crippen LogP contribution in [0.5, 0.6) is 0 Å². The molecule has 0 radical (unpaired) electrons. The van der Waals surface area contributed by atoms with Crippen molar-refractivity contribution in [2.75, 3.05) is 6.54 Å². The molecule has 2 atom stereocenters. The third-order valence-electron chi connectivity index (χ3n) is 6.71. The van der Waals surface area contributed by atoms with Crippen molar-refractivity contribution >= 4 is 12.2 Å². The van der Waals surface area contributed by atoms with Gasteiger partial charge in [0.1, 0.15) is 0 Å². The van der Waals surface area contributed by atoms with Gasteiger partial charge < -0.3 is 4.90 Å². The topological polar surface area (TPSA) is 47.9 Å². The van der Waals surface area contributed by atoms with Crippen LogP contribution in [0.4, 0.5) is 4.79 Å². The maximum absolute atomic E-state index is 12.4. The van der Waals surface area contributed by atoms with Gasteiger partial charge in [-0.05, 0) is 45.4 Å². The van der Waals surface area contributed by atoms with Gasteiger partial charge in [0.15, 0.2) is 0 Å². The zero-order chi connectivity index (χ0) is 16.6. The Morgan fingerprint density at radius 2 is 1.83 bits per heavy atom. The lowest BCUT2D eigenvalue weighted by molar-refractivity contribution is 0.00786. The molecule has 2 aliphatic heterocycles. The zero-order valence-corrected chi connectivity index (χ0v) is 15.0. The first-order chi connectivity index (χ1) is 11.7. The number of nitrogens with zero attached hydrogens (tertiary/aromatic N) is 3. The van der Waals surface area contributed by atoms with Gasteiger partial charge in [-0.25, -0.2) is 14.8 Å². The predicted octanol–water partition coefficient (Wildman–Crippen LogP) is 3.50. The molecule has 4 aliphatic rings. The molecule has 2 aliphatic carbocycles. The Kier molecular flexibility index (Phi) is 4.65. The molecule has 5 heteroatoms. The number of hydrogen-bond donors (Lipinski definition) is 1. The number of nitrogens with one attached hydrogen (secondary N) is 1. The summed E-state index contributed by atoms with van der Waals surface area (Å²) in [4.78, 5) is 18.8. The second-order valence-corrected chi connectivity index (χ2v) is 8.41. The molecular weight excluding hydrogens is 300 g/mol. The van der Waals surface area contributed by atoms with Crippen LogP contribution in [0, 0.1) is 0 Å². The van der Waals surface area contributed by atoms with E-state index in [1.807, 2.05) is 6.21 Å². The van der Waals surface area contributed by atoms with Gasteiger partial charge in [0, 0.05) is 30.9 Å². The molecule has 0 aromatic heterocycles. The highest BCUT2D eigenvalue weighted by molar-refractivity contribution is 5.96. The Morgan fingerprint density at radius 3 is 2.54 bits per heavy atom. The molecule has 1 saturated heterocycles. The molecule has 24 heavy (non-hydrogen) atoms. The summed E-state index contributed by atoms with van der Waals surface area (Å²) < 4.78 is 0. The normalized spacial score (nSPS) is 36.3. The van der Waals surface area contributed by atoms with Gasteiger partial charge in [0.2, 0.25) is 0 Å². The van der Waals surface area contributed by atoms with Crippen molar-refractivity contribution in [3.05, 3.63) is 0 Å². The van der Waals surface area contributed by atoms with Crippen molar-refractivity contribution in [2.24, 2.45) is 4.99 Å². The highest BCUT2D eigenvalue weighted by Crippen LogP contribution is 2.39. The van der Waals surface area contributed by atoms with Crippen LogP contribution in [0.1, 0.15) is 77.6 Å². The van der Waals surface area contributed by atoms with Crippen molar-refractivity contribution in [3.8, 4) is 0 Å². The Bertz CT molecular complexity index is 496. The van der Waals surface area contributed by atoms with Gasteiger partial charge in [0.25, 0.3) is 0 Å². The lowest BCUT2D eigenvalue weighted by Crippen LogP contribution is -2.63. The molecule has 5 nitrogen and oxygen atoms in total. The van der Waals surface area contributed by atoms with Gasteiger partial charge in [-0.2, -0.15) is 0 Å². The second-order valence-electron chi connectivity index (χ2n) is 8.41. The van der Waals surface area contributed by atoms with Crippen molar-refractivity contribution in [2.45, 2.75) is 101 Å². The van der Waals surface area contributed by atoms with E-state index in [4.69, 9.17) is 0 Å². The van der Waals surface area contributed by atoms with E-state index in [9.17, 15) is 4.79 Å². The summed E-state index contributed by atoms with van der Waals surface area (Å²) in [5.74, 6) is 0. The van der Waals surface area contributed by atoms with Gasteiger partial charge in [0.05, 0.1) is 5.54 Å². The summed E-state index contributed by atoms with van der Waals surface area (Å²) in [6.07, 6.45) is 15.6. The summed E-state index contributed by atoms with van der Waals surface area (Å²) in [7, 11) is 0. The predicted molar refractivity (Wildman–Crippen MR) is 96.1 cm³/mol. The number of hydrogen-bond acceptors (Lipinski definition) is 3. The Hall–Kier alpha value is -0.940. The van der Waals surface area contributed by atoms with E-state index >= 15 is 0 Å². The summed E-state index contributed by atoms with van der Waals surface area (Å²) in [6.45, 7) is 3.32. The molecule has 3 fully saturated rings. The van der Waals surface area contributed by atoms with Crippen LogP contribution in [0.2, 0.25) is 0 Å². The van der Waals surface area contributed by atoms with Crippen molar-refractivity contribution < 1.29 is 4.79 Å². The SMILES string of the molecule is CC1CC2(C=NC(=O)N2C2CCCC2)CCN1NC1CCCCC1. The van der Waals surface area contributed by atoms with Crippen LogP contribution < -0.4 is 5.43 Å². The first-order valence-corrected chi connectivity index (χ1v) is 10.1. The van der Waals surface area contributed by atoms with Crippen LogP contribution in [-0.2, 0) is 0 Å². The number of rotatable bonds is 3. The lowest BCUT2D eigenvalue weighted by Gasteiger charge is -2.49. The molecule has 4 rings (SSSR count). The zero-order valence-electron chi connectivity index (χ0n) is 15.0. The van der Waals surface area contributed by atoms with E-state index in [-0.39, 0.29) is 11.6 Å². The number of carbonyl (C=O) groups excluding carboxylic acids is 1. The first kappa shape index (κ1) is 16.5. The van der Waals surface area contributed by atoms with Crippen LogP contribution >= 0.6 is 0 Å². The van der Waals surface area contributed by atoms with Crippen molar-refractivity contribution in [3.63, 3.8) is 0 Å². The molecule has 2 saturated carbocycles.